The number of carbonyl (C=O) groups is 2. The number of pyridine rings is 1. The van der Waals surface area contributed by atoms with Gasteiger partial charge in [-0.15, -0.1) is 0 Å². The van der Waals surface area contributed by atoms with Crippen molar-refractivity contribution >= 4 is 44.9 Å². The molecule has 4 rings (SSSR count). The lowest BCUT2D eigenvalue weighted by molar-refractivity contribution is -0.119. The smallest absolute Gasteiger partial charge is 0.322 e. The van der Waals surface area contributed by atoms with Gasteiger partial charge in [-0.05, 0) is 48.7 Å². The SMILES string of the molecule is CS(=O)(=O)c1ccccc1-c1ccc(NC(=O)[C@H]2CCCN2C(=O)Nc2ccc(Cl)cn2)c(F)c1. The lowest BCUT2D eigenvalue weighted by Crippen LogP contribution is -2.45. The summed E-state index contributed by atoms with van der Waals surface area (Å²) in [5.41, 5.74) is 0.655. The van der Waals surface area contributed by atoms with Crippen LogP contribution >= 0.6 is 11.6 Å². The van der Waals surface area contributed by atoms with Gasteiger partial charge in [-0.1, -0.05) is 35.9 Å². The van der Waals surface area contributed by atoms with Crippen LogP contribution in [0.25, 0.3) is 11.1 Å². The topological polar surface area (TPSA) is 108 Å². The Morgan fingerprint density at radius 2 is 1.89 bits per heavy atom. The lowest BCUT2D eigenvalue weighted by Gasteiger charge is -2.24. The van der Waals surface area contributed by atoms with Crippen molar-refractivity contribution in [2.24, 2.45) is 0 Å². The first-order valence-electron chi connectivity index (χ1n) is 10.7. The van der Waals surface area contributed by atoms with Gasteiger partial charge >= 0.3 is 6.03 Å². The second-order valence-electron chi connectivity index (χ2n) is 8.10. The number of aromatic nitrogens is 1. The Kier molecular flexibility index (Phi) is 7.04. The van der Waals surface area contributed by atoms with Crippen molar-refractivity contribution in [1.82, 2.24) is 9.88 Å². The maximum absolute atomic E-state index is 14.9. The number of nitrogens with one attached hydrogen (secondary N) is 2. The summed E-state index contributed by atoms with van der Waals surface area (Å²) in [5, 5.41) is 5.60. The largest absolute Gasteiger partial charge is 0.323 e. The van der Waals surface area contributed by atoms with Crippen molar-refractivity contribution in [1.29, 1.82) is 0 Å². The second kappa shape index (κ2) is 10.0. The summed E-state index contributed by atoms with van der Waals surface area (Å²) in [6, 6.07) is 12.2. The van der Waals surface area contributed by atoms with Crippen LogP contribution in [0.1, 0.15) is 12.8 Å². The van der Waals surface area contributed by atoms with Crippen LogP contribution in [0.2, 0.25) is 5.02 Å². The second-order valence-corrected chi connectivity index (χ2v) is 10.5. The zero-order valence-electron chi connectivity index (χ0n) is 18.7. The number of urea groups is 1. The van der Waals surface area contributed by atoms with Crippen molar-refractivity contribution in [3.05, 3.63) is 71.6 Å². The molecule has 1 fully saturated rings. The minimum atomic E-state index is -3.52. The molecule has 1 atom stereocenters. The highest BCUT2D eigenvalue weighted by molar-refractivity contribution is 7.90. The van der Waals surface area contributed by atoms with E-state index in [1.165, 1.54) is 35.4 Å². The number of rotatable bonds is 5. The number of benzene rings is 2. The molecular weight excluding hydrogens is 495 g/mol. The average molecular weight is 517 g/mol. The van der Waals surface area contributed by atoms with Gasteiger partial charge in [0, 0.05) is 24.6 Å². The van der Waals surface area contributed by atoms with Gasteiger partial charge in [0.15, 0.2) is 9.84 Å². The molecule has 2 aromatic carbocycles. The summed E-state index contributed by atoms with van der Waals surface area (Å²) >= 11 is 5.81. The van der Waals surface area contributed by atoms with Gasteiger partial charge in [0.1, 0.15) is 17.7 Å². The van der Waals surface area contributed by atoms with E-state index in [1.54, 1.807) is 30.3 Å². The monoisotopic (exact) mass is 516 g/mol. The molecule has 3 aromatic rings. The Morgan fingerprint density at radius 1 is 1.11 bits per heavy atom. The van der Waals surface area contributed by atoms with Crippen LogP contribution in [0.4, 0.5) is 20.7 Å². The van der Waals surface area contributed by atoms with Crippen LogP contribution in [0, 0.1) is 5.82 Å². The first-order chi connectivity index (χ1) is 16.6. The third kappa shape index (κ3) is 5.60. The molecule has 0 spiro atoms. The Bertz CT molecular complexity index is 1380. The number of hydrogen-bond acceptors (Lipinski definition) is 5. The number of halogens is 2. The molecule has 0 unspecified atom stereocenters. The zero-order chi connectivity index (χ0) is 25.2. The highest BCUT2D eigenvalue weighted by Gasteiger charge is 2.34. The molecule has 2 N–H and O–H groups in total. The molecule has 0 aliphatic carbocycles. The molecule has 2 heterocycles. The summed E-state index contributed by atoms with van der Waals surface area (Å²) in [5.74, 6) is -0.954. The fraction of sp³-hybridized carbons (Fsp3) is 0.208. The minimum Gasteiger partial charge on any atom is -0.322 e. The number of likely N-dealkylation sites (tertiary alicyclic amines) is 1. The summed E-state index contributed by atoms with van der Waals surface area (Å²) in [6.07, 6.45) is 3.52. The van der Waals surface area contributed by atoms with Gasteiger partial charge in [-0.25, -0.2) is 22.6 Å². The summed E-state index contributed by atoms with van der Waals surface area (Å²) < 4.78 is 39.1. The number of sulfone groups is 1. The van der Waals surface area contributed by atoms with E-state index in [9.17, 15) is 22.4 Å². The Hall–Kier alpha value is -3.50. The number of nitrogens with zero attached hydrogens (tertiary/aromatic N) is 2. The number of hydrogen-bond donors (Lipinski definition) is 2. The highest BCUT2D eigenvalue weighted by atomic mass is 35.5. The molecule has 0 saturated carbocycles. The van der Waals surface area contributed by atoms with Gasteiger partial charge in [0.25, 0.3) is 0 Å². The molecule has 3 amide bonds. The van der Waals surface area contributed by atoms with Crippen molar-refractivity contribution in [3.63, 3.8) is 0 Å². The molecule has 8 nitrogen and oxygen atoms in total. The van der Waals surface area contributed by atoms with Crippen molar-refractivity contribution in [3.8, 4) is 11.1 Å². The maximum atomic E-state index is 14.9. The van der Waals surface area contributed by atoms with Crippen LogP contribution in [-0.2, 0) is 14.6 Å². The Labute approximate surface area is 207 Å². The van der Waals surface area contributed by atoms with Gasteiger partial charge in [-0.2, -0.15) is 0 Å². The van der Waals surface area contributed by atoms with Gasteiger partial charge < -0.3 is 10.2 Å². The van der Waals surface area contributed by atoms with Gasteiger partial charge in [0.2, 0.25) is 5.91 Å². The molecule has 1 saturated heterocycles. The lowest BCUT2D eigenvalue weighted by atomic mass is 10.0. The average Bonchev–Trinajstić information content (AvgIpc) is 3.32. The molecule has 182 valence electrons. The van der Waals surface area contributed by atoms with E-state index in [-0.39, 0.29) is 10.6 Å². The van der Waals surface area contributed by atoms with Crippen molar-refractivity contribution in [2.75, 3.05) is 23.4 Å². The maximum Gasteiger partial charge on any atom is 0.323 e. The minimum absolute atomic E-state index is 0.0674. The van der Waals surface area contributed by atoms with Crippen LogP contribution in [-0.4, -0.2) is 49.1 Å². The van der Waals surface area contributed by atoms with Gasteiger partial charge in [0.05, 0.1) is 15.6 Å². The summed E-state index contributed by atoms with van der Waals surface area (Å²) in [6.45, 7) is 0.362. The predicted octanol–water partition coefficient (Wildman–Crippen LogP) is 4.58. The molecule has 1 aromatic heterocycles. The quantitative estimate of drug-likeness (QED) is 0.516. The molecule has 1 aliphatic heterocycles. The molecule has 0 bridgehead atoms. The van der Waals surface area contributed by atoms with E-state index in [4.69, 9.17) is 11.6 Å². The van der Waals surface area contributed by atoms with E-state index in [0.717, 1.165) is 6.26 Å². The van der Waals surface area contributed by atoms with Crippen LogP contribution in [0.15, 0.2) is 65.7 Å². The predicted molar refractivity (Wildman–Crippen MR) is 132 cm³/mol. The third-order valence-electron chi connectivity index (χ3n) is 5.60. The number of amides is 3. The van der Waals surface area contributed by atoms with Crippen molar-refractivity contribution in [2.45, 2.75) is 23.8 Å². The van der Waals surface area contributed by atoms with E-state index in [0.29, 0.717) is 41.4 Å². The molecule has 0 radical (unpaired) electrons. The van der Waals surface area contributed by atoms with E-state index >= 15 is 0 Å². The van der Waals surface area contributed by atoms with E-state index in [1.807, 2.05) is 0 Å². The fourth-order valence-corrected chi connectivity index (χ4v) is 4.96. The van der Waals surface area contributed by atoms with Crippen LogP contribution in [0.5, 0.6) is 0 Å². The zero-order valence-corrected chi connectivity index (χ0v) is 20.2. The standard InChI is InChI=1S/C24H22ClFN4O4S/c1-35(33,34)21-7-3-2-5-17(21)15-8-10-19(18(26)13-15)28-23(31)20-6-4-12-30(20)24(32)29-22-11-9-16(25)14-27-22/h2-3,5,7-11,13-14,20H,4,6,12H2,1H3,(H,28,31)(H,27,29,32)/t20-/m1/s1. The van der Waals surface area contributed by atoms with Crippen LogP contribution in [0.3, 0.4) is 0 Å². The fourth-order valence-electron chi connectivity index (χ4n) is 3.94. The summed E-state index contributed by atoms with van der Waals surface area (Å²) in [4.78, 5) is 31.1. The number of anilines is 2. The Morgan fingerprint density at radius 3 is 2.57 bits per heavy atom. The van der Waals surface area contributed by atoms with Crippen LogP contribution < -0.4 is 10.6 Å². The molecule has 1 aliphatic rings. The van der Waals surface area contributed by atoms with E-state index in [2.05, 4.69) is 15.6 Å². The third-order valence-corrected chi connectivity index (χ3v) is 6.98. The van der Waals surface area contributed by atoms with Crippen molar-refractivity contribution < 1.29 is 22.4 Å². The first kappa shape index (κ1) is 24.6. The summed E-state index contributed by atoms with van der Waals surface area (Å²) in [7, 11) is -3.52. The normalized spacial score (nSPS) is 15.6. The van der Waals surface area contributed by atoms with Gasteiger partial charge in [-0.3, -0.25) is 10.1 Å². The molecular formula is C24H22ClFN4O4S. The molecule has 35 heavy (non-hydrogen) atoms. The number of carbonyl (C=O) groups excluding carboxylic acids is 2. The first-order valence-corrected chi connectivity index (χ1v) is 13.0. The Balaban J connectivity index is 1.49. The highest BCUT2D eigenvalue weighted by Crippen LogP contribution is 2.30. The molecule has 11 heteroatoms. The van der Waals surface area contributed by atoms with E-state index < -0.39 is 33.6 Å².